The molecule has 1 unspecified atom stereocenters. The zero-order chi connectivity index (χ0) is 17.1. The van der Waals surface area contributed by atoms with Gasteiger partial charge in [-0.2, -0.15) is 0 Å². The Morgan fingerprint density at radius 1 is 1.12 bits per heavy atom. The van der Waals surface area contributed by atoms with Crippen molar-refractivity contribution in [3.05, 3.63) is 23.3 Å². The summed E-state index contributed by atoms with van der Waals surface area (Å²) in [5.41, 5.74) is 4.16. The summed E-state index contributed by atoms with van der Waals surface area (Å²) in [6, 6.07) is 0. The van der Waals surface area contributed by atoms with Crippen molar-refractivity contribution in [2.24, 2.45) is 34.5 Å². The fraction of sp³-hybridized carbons (Fsp3) is 0.826. The molecular formula is C23H36O. The molecule has 134 valence electrons. The van der Waals surface area contributed by atoms with Gasteiger partial charge in [-0.05, 0) is 99.7 Å². The number of aliphatic hydroxyl groups is 1. The molecule has 0 aromatic rings. The first kappa shape index (κ1) is 16.9. The maximum absolute atomic E-state index is 10.1. The van der Waals surface area contributed by atoms with Crippen molar-refractivity contribution in [2.45, 2.75) is 85.2 Å². The lowest BCUT2D eigenvalue weighted by molar-refractivity contribution is -0.0454. The Morgan fingerprint density at radius 3 is 2.67 bits per heavy atom. The molecule has 1 nitrogen and oxygen atoms in total. The van der Waals surface area contributed by atoms with Crippen LogP contribution in [0.3, 0.4) is 0 Å². The van der Waals surface area contributed by atoms with Gasteiger partial charge in [0.25, 0.3) is 0 Å². The maximum Gasteiger partial charge on any atom is 0.0577 e. The first-order valence-corrected chi connectivity index (χ1v) is 10.4. The van der Waals surface area contributed by atoms with Crippen LogP contribution in [0.15, 0.2) is 23.3 Å². The predicted octanol–water partition coefficient (Wildman–Crippen LogP) is 5.89. The molecule has 0 saturated heterocycles. The number of hydrogen-bond acceptors (Lipinski definition) is 1. The lowest BCUT2D eigenvalue weighted by atomic mass is 9.47. The first-order chi connectivity index (χ1) is 11.4. The lowest BCUT2D eigenvalue weighted by Crippen LogP contribution is -2.50. The Bertz CT molecular complexity index is 573. The highest BCUT2D eigenvalue weighted by molar-refractivity contribution is 5.26. The maximum atomic E-state index is 10.1. The van der Waals surface area contributed by atoms with Gasteiger partial charge in [-0.1, -0.05) is 37.1 Å². The van der Waals surface area contributed by atoms with E-state index >= 15 is 0 Å². The summed E-state index contributed by atoms with van der Waals surface area (Å²) in [7, 11) is 0. The van der Waals surface area contributed by atoms with Gasteiger partial charge < -0.3 is 5.11 Å². The molecule has 1 N–H and O–H groups in total. The fourth-order valence-corrected chi connectivity index (χ4v) is 7.59. The van der Waals surface area contributed by atoms with E-state index in [1.165, 1.54) is 38.5 Å². The van der Waals surface area contributed by atoms with Crippen molar-refractivity contribution < 1.29 is 5.11 Å². The Hall–Kier alpha value is -0.560. The molecular weight excluding hydrogens is 292 g/mol. The summed E-state index contributed by atoms with van der Waals surface area (Å²) in [5, 5.41) is 10.1. The molecule has 0 amide bonds. The number of allylic oxidation sites excluding steroid dienone is 3. The average Bonchev–Trinajstić information content (AvgIpc) is 2.92. The van der Waals surface area contributed by atoms with Crippen LogP contribution in [0.4, 0.5) is 0 Å². The average molecular weight is 329 g/mol. The molecule has 4 aliphatic rings. The summed E-state index contributed by atoms with van der Waals surface area (Å²) >= 11 is 0. The molecule has 1 heteroatoms. The van der Waals surface area contributed by atoms with E-state index in [2.05, 4.69) is 39.8 Å². The van der Waals surface area contributed by atoms with Crippen LogP contribution in [0.1, 0.15) is 79.1 Å². The Balaban J connectivity index is 1.65. The van der Waals surface area contributed by atoms with E-state index in [0.29, 0.717) is 10.8 Å². The highest BCUT2D eigenvalue weighted by Gasteiger charge is 2.58. The molecule has 24 heavy (non-hydrogen) atoms. The second-order valence-corrected chi connectivity index (χ2v) is 9.86. The molecule has 0 bridgehead atoms. The zero-order valence-corrected chi connectivity index (χ0v) is 16.1. The van der Waals surface area contributed by atoms with Crippen LogP contribution in [0.2, 0.25) is 0 Å². The number of rotatable bonds is 1. The van der Waals surface area contributed by atoms with E-state index in [1.807, 2.05) is 0 Å². The third kappa shape index (κ3) is 2.23. The normalized spacial score (nSPS) is 51.5. The van der Waals surface area contributed by atoms with Crippen LogP contribution in [-0.4, -0.2) is 11.2 Å². The molecule has 0 heterocycles. The van der Waals surface area contributed by atoms with Crippen molar-refractivity contribution in [2.75, 3.05) is 0 Å². The van der Waals surface area contributed by atoms with Gasteiger partial charge in [0.2, 0.25) is 0 Å². The van der Waals surface area contributed by atoms with Gasteiger partial charge in [-0.15, -0.1) is 0 Å². The molecule has 0 radical (unpaired) electrons. The minimum absolute atomic E-state index is 0.0806. The van der Waals surface area contributed by atoms with Crippen molar-refractivity contribution in [1.82, 2.24) is 0 Å². The molecule has 7 atom stereocenters. The Labute approximate surface area is 148 Å². The van der Waals surface area contributed by atoms with E-state index in [-0.39, 0.29) is 6.10 Å². The monoisotopic (exact) mass is 328 g/mol. The molecule has 4 aliphatic carbocycles. The van der Waals surface area contributed by atoms with Gasteiger partial charge in [-0.25, -0.2) is 0 Å². The van der Waals surface area contributed by atoms with Gasteiger partial charge in [0.1, 0.15) is 0 Å². The van der Waals surface area contributed by atoms with E-state index in [9.17, 15) is 5.11 Å². The zero-order valence-electron chi connectivity index (χ0n) is 16.1. The molecule has 0 aliphatic heterocycles. The van der Waals surface area contributed by atoms with E-state index in [0.717, 1.165) is 36.5 Å². The number of aliphatic hydroxyl groups excluding tert-OH is 1. The molecule has 3 fully saturated rings. The van der Waals surface area contributed by atoms with Crippen LogP contribution in [0.25, 0.3) is 0 Å². The second kappa shape index (κ2) is 5.73. The first-order valence-electron chi connectivity index (χ1n) is 10.4. The minimum Gasteiger partial charge on any atom is -0.393 e. The summed E-state index contributed by atoms with van der Waals surface area (Å²) in [6.07, 6.45) is 15.0. The summed E-state index contributed by atoms with van der Waals surface area (Å²) in [4.78, 5) is 0. The SMILES string of the molecule is C/C=C(\C)[C@H]1CC[C@H]2[C@@H]3CC=C4CC(O)CC[C@]4(C)[C@H]3CC[C@]12C. The van der Waals surface area contributed by atoms with Crippen molar-refractivity contribution in [1.29, 1.82) is 0 Å². The Kier molecular flexibility index (Phi) is 4.03. The molecule has 0 spiro atoms. The Morgan fingerprint density at radius 2 is 1.92 bits per heavy atom. The smallest absolute Gasteiger partial charge is 0.0577 e. The van der Waals surface area contributed by atoms with Gasteiger partial charge >= 0.3 is 0 Å². The second-order valence-electron chi connectivity index (χ2n) is 9.86. The third-order valence-electron chi connectivity index (χ3n) is 9.08. The number of fused-ring (bicyclic) bond motifs is 5. The van der Waals surface area contributed by atoms with Crippen LogP contribution < -0.4 is 0 Å². The number of hydrogen-bond donors (Lipinski definition) is 1. The van der Waals surface area contributed by atoms with Crippen molar-refractivity contribution >= 4 is 0 Å². The van der Waals surface area contributed by atoms with Gasteiger partial charge in [0.15, 0.2) is 0 Å². The summed E-state index contributed by atoms with van der Waals surface area (Å²) < 4.78 is 0. The van der Waals surface area contributed by atoms with Gasteiger partial charge in [0, 0.05) is 0 Å². The van der Waals surface area contributed by atoms with E-state index in [1.54, 1.807) is 11.1 Å². The minimum atomic E-state index is -0.0806. The van der Waals surface area contributed by atoms with Crippen LogP contribution in [0, 0.1) is 34.5 Å². The van der Waals surface area contributed by atoms with E-state index < -0.39 is 0 Å². The van der Waals surface area contributed by atoms with Crippen molar-refractivity contribution in [3.8, 4) is 0 Å². The molecule has 3 saturated carbocycles. The van der Waals surface area contributed by atoms with Crippen LogP contribution in [0.5, 0.6) is 0 Å². The summed E-state index contributed by atoms with van der Waals surface area (Å²) in [6.45, 7) is 9.74. The highest BCUT2D eigenvalue weighted by atomic mass is 16.3. The van der Waals surface area contributed by atoms with Crippen molar-refractivity contribution in [3.63, 3.8) is 0 Å². The molecule has 4 rings (SSSR count). The van der Waals surface area contributed by atoms with Gasteiger partial charge in [-0.3, -0.25) is 0 Å². The highest BCUT2D eigenvalue weighted by Crippen LogP contribution is 2.67. The predicted molar refractivity (Wildman–Crippen MR) is 101 cm³/mol. The standard InChI is InChI=1S/C23H36O/c1-5-15(2)19-8-9-20-18-7-6-16-14-17(24)10-12-22(16,3)21(18)11-13-23(19,20)4/h5-6,17-21,24H,7-14H2,1-4H3/b15-5+/t17?,18-,19+,20-,21-,22-,23+/m0/s1. The third-order valence-corrected chi connectivity index (χ3v) is 9.08. The van der Waals surface area contributed by atoms with Crippen LogP contribution in [-0.2, 0) is 0 Å². The van der Waals surface area contributed by atoms with Gasteiger partial charge in [0.05, 0.1) is 6.10 Å². The summed E-state index contributed by atoms with van der Waals surface area (Å²) in [5.74, 6) is 3.49. The lowest BCUT2D eigenvalue weighted by Gasteiger charge is -2.58. The molecule has 0 aromatic heterocycles. The fourth-order valence-electron chi connectivity index (χ4n) is 7.59. The van der Waals surface area contributed by atoms with Crippen LogP contribution >= 0.6 is 0 Å². The topological polar surface area (TPSA) is 20.2 Å². The quantitative estimate of drug-likeness (QED) is 0.595. The largest absolute Gasteiger partial charge is 0.393 e. The molecule has 0 aromatic carbocycles. The van der Waals surface area contributed by atoms with E-state index in [4.69, 9.17) is 0 Å².